The van der Waals surface area contributed by atoms with Crippen LogP contribution in [0.25, 0.3) is 0 Å². The second-order valence-corrected chi connectivity index (χ2v) is 10.3. The smallest absolute Gasteiger partial charge is 0.426 e. The van der Waals surface area contributed by atoms with Gasteiger partial charge < -0.3 is 15.5 Å². The number of carbonyl (C=O) groups is 2. The van der Waals surface area contributed by atoms with E-state index in [4.69, 9.17) is 16.7 Å². The number of hydrogen-bond acceptors (Lipinski definition) is 6. The van der Waals surface area contributed by atoms with Gasteiger partial charge in [0.2, 0.25) is 5.60 Å². The van der Waals surface area contributed by atoms with Crippen LogP contribution in [-0.2, 0) is 14.6 Å². The number of nitrogens with one attached hydrogen (secondary N) is 1. The zero-order chi connectivity index (χ0) is 24.5. The Morgan fingerprint density at radius 3 is 2.16 bits per heavy atom. The van der Waals surface area contributed by atoms with E-state index in [0.717, 1.165) is 23.9 Å². The van der Waals surface area contributed by atoms with Gasteiger partial charge in [0.15, 0.2) is 9.84 Å². The monoisotopic (exact) mass is 511 g/mol. The van der Waals surface area contributed by atoms with Crippen molar-refractivity contribution in [3.05, 3.63) is 47.0 Å². The molecule has 0 aromatic heterocycles. The van der Waals surface area contributed by atoms with E-state index in [9.17, 15) is 36.3 Å². The van der Waals surface area contributed by atoms with Crippen molar-refractivity contribution in [1.29, 1.82) is 0 Å². The van der Waals surface area contributed by atoms with E-state index in [-0.39, 0.29) is 38.7 Å². The summed E-state index contributed by atoms with van der Waals surface area (Å²) in [7, 11) is -3.83. The fourth-order valence-corrected chi connectivity index (χ4v) is 5.02. The zero-order valence-corrected chi connectivity index (χ0v) is 18.9. The summed E-state index contributed by atoms with van der Waals surface area (Å²) < 4.78 is 63.8. The van der Waals surface area contributed by atoms with Gasteiger partial charge in [0.25, 0.3) is 5.91 Å². The number of benzene rings is 2. The fourth-order valence-electron chi connectivity index (χ4n) is 2.29. The lowest BCUT2D eigenvalue weighted by atomic mass is 10.1. The van der Waals surface area contributed by atoms with Crippen LogP contribution in [0.3, 0.4) is 0 Å². The van der Waals surface area contributed by atoms with Crippen molar-refractivity contribution >= 4 is 50.8 Å². The minimum Gasteiger partial charge on any atom is -0.478 e. The summed E-state index contributed by atoms with van der Waals surface area (Å²) in [5, 5.41) is 20.0. The van der Waals surface area contributed by atoms with Crippen molar-refractivity contribution in [2.45, 2.75) is 40.3 Å². The van der Waals surface area contributed by atoms with Crippen LogP contribution >= 0.6 is 23.4 Å². The first-order valence-electron chi connectivity index (χ1n) is 8.78. The Hall–Kier alpha value is -2.28. The van der Waals surface area contributed by atoms with Crippen LogP contribution in [0, 0.1) is 0 Å². The largest absolute Gasteiger partial charge is 0.478 e. The molecule has 0 aliphatic heterocycles. The third-order valence-electron chi connectivity index (χ3n) is 4.34. The van der Waals surface area contributed by atoms with Crippen LogP contribution in [0.1, 0.15) is 24.2 Å². The Morgan fingerprint density at radius 1 is 1.12 bits per heavy atom. The predicted molar refractivity (Wildman–Crippen MR) is 112 cm³/mol. The summed E-state index contributed by atoms with van der Waals surface area (Å²) in [5.74, 6) is -3.28. The van der Waals surface area contributed by atoms with Crippen LogP contribution in [0.15, 0.2) is 51.1 Å². The minimum absolute atomic E-state index is 0.0164. The number of amides is 1. The van der Waals surface area contributed by atoms with E-state index in [1.807, 2.05) is 5.32 Å². The highest BCUT2D eigenvalue weighted by Crippen LogP contribution is 2.43. The summed E-state index contributed by atoms with van der Waals surface area (Å²) in [6.45, 7) is 1.65. The summed E-state index contributed by atoms with van der Waals surface area (Å²) >= 11 is 7.08. The van der Waals surface area contributed by atoms with Crippen LogP contribution in [0.2, 0.25) is 5.02 Å². The van der Waals surface area contributed by atoms with Crippen molar-refractivity contribution in [2.24, 2.45) is 0 Å². The van der Waals surface area contributed by atoms with Crippen LogP contribution in [0.5, 0.6) is 0 Å². The molecule has 0 radical (unpaired) electrons. The van der Waals surface area contributed by atoms with Gasteiger partial charge in [0.1, 0.15) is 0 Å². The first kappa shape index (κ1) is 26.0. The number of anilines is 1. The maximum absolute atomic E-state index is 12.9. The standard InChI is InChI=1S/C19H17ClF3NO6S2/c1-3-32(29,30)13-9-8-12(24-17(27)18(2,28)19(21,22)23)14(20)15(13)31-11-6-4-10(5-7-11)16(25)26/h4-9,28H,3H2,1-2H3,(H,24,27)(H,25,26). The van der Waals surface area contributed by atoms with Gasteiger partial charge in [0, 0.05) is 4.90 Å². The second-order valence-electron chi connectivity index (χ2n) is 6.61. The number of carboxylic acid groups (broad SMARTS) is 1. The number of hydrogen-bond donors (Lipinski definition) is 3. The zero-order valence-electron chi connectivity index (χ0n) is 16.5. The molecule has 2 aromatic rings. The fraction of sp³-hybridized carbons (Fsp3) is 0.263. The molecule has 1 unspecified atom stereocenters. The molecule has 3 N–H and O–H groups in total. The highest BCUT2D eigenvalue weighted by molar-refractivity contribution is 8.00. The van der Waals surface area contributed by atoms with Crippen LogP contribution in [-0.4, -0.2) is 48.0 Å². The molecule has 2 rings (SSSR count). The molecular formula is C19H17ClF3NO6S2. The van der Waals surface area contributed by atoms with Crippen LogP contribution in [0.4, 0.5) is 18.9 Å². The van der Waals surface area contributed by atoms with Gasteiger partial charge in [0.05, 0.1) is 31.8 Å². The molecule has 1 amide bonds. The Labute approximate surface area is 190 Å². The third kappa shape index (κ3) is 5.37. The van der Waals surface area contributed by atoms with E-state index < -0.39 is 33.5 Å². The van der Waals surface area contributed by atoms with Gasteiger partial charge in [-0.25, -0.2) is 13.2 Å². The lowest BCUT2D eigenvalue weighted by Gasteiger charge is -2.25. The predicted octanol–water partition coefficient (Wildman–Crippen LogP) is 4.23. The summed E-state index contributed by atoms with van der Waals surface area (Å²) in [4.78, 5) is 23.1. The Balaban J connectivity index is 2.55. The van der Waals surface area contributed by atoms with E-state index in [1.54, 1.807) is 0 Å². The normalized spacial score (nSPS) is 14.0. The molecule has 0 saturated carbocycles. The Kier molecular flexibility index (Phi) is 7.55. The lowest BCUT2D eigenvalue weighted by Crippen LogP contribution is -2.52. The lowest BCUT2D eigenvalue weighted by molar-refractivity contribution is -0.242. The van der Waals surface area contributed by atoms with Crippen molar-refractivity contribution in [3.63, 3.8) is 0 Å². The van der Waals surface area contributed by atoms with Gasteiger partial charge in [-0.1, -0.05) is 30.3 Å². The highest BCUT2D eigenvalue weighted by atomic mass is 35.5. The number of rotatable bonds is 7. The molecule has 1 atom stereocenters. The minimum atomic E-state index is -5.27. The first-order chi connectivity index (χ1) is 14.6. The Morgan fingerprint density at radius 2 is 1.69 bits per heavy atom. The summed E-state index contributed by atoms with van der Waals surface area (Å²) in [5.41, 5.74) is -4.08. The topological polar surface area (TPSA) is 121 Å². The van der Waals surface area contributed by atoms with Gasteiger partial charge in [-0.15, -0.1) is 0 Å². The summed E-state index contributed by atoms with van der Waals surface area (Å²) in [6.07, 6.45) is -5.27. The maximum atomic E-state index is 12.9. The number of carbonyl (C=O) groups excluding carboxylic acids is 1. The summed E-state index contributed by atoms with van der Waals surface area (Å²) in [6, 6.07) is 7.44. The van der Waals surface area contributed by atoms with Crippen molar-refractivity contribution in [3.8, 4) is 0 Å². The van der Waals surface area contributed by atoms with Crippen molar-refractivity contribution in [2.75, 3.05) is 11.1 Å². The second kappa shape index (κ2) is 9.30. The molecule has 0 saturated heterocycles. The average molecular weight is 512 g/mol. The molecule has 0 aliphatic rings. The van der Waals surface area contributed by atoms with Gasteiger partial charge in [-0.3, -0.25) is 4.79 Å². The maximum Gasteiger partial charge on any atom is 0.426 e. The Bertz CT molecular complexity index is 1150. The number of aliphatic hydroxyl groups is 1. The molecule has 0 aliphatic carbocycles. The molecule has 32 heavy (non-hydrogen) atoms. The van der Waals surface area contributed by atoms with E-state index in [1.165, 1.54) is 31.2 Å². The molecule has 13 heteroatoms. The average Bonchev–Trinajstić information content (AvgIpc) is 2.70. The number of halogens is 4. The SMILES string of the molecule is CCS(=O)(=O)c1ccc(NC(=O)C(C)(O)C(F)(F)F)c(Cl)c1Sc1ccc(C(=O)O)cc1. The molecule has 0 bridgehead atoms. The quantitative estimate of drug-likeness (QED) is 0.508. The molecule has 0 fully saturated rings. The first-order valence-corrected chi connectivity index (χ1v) is 11.6. The molecule has 0 spiro atoms. The van der Waals surface area contributed by atoms with E-state index in [2.05, 4.69) is 0 Å². The van der Waals surface area contributed by atoms with E-state index >= 15 is 0 Å². The van der Waals surface area contributed by atoms with Crippen molar-refractivity contribution in [1.82, 2.24) is 0 Å². The number of carboxylic acids is 1. The van der Waals surface area contributed by atoms with E-state index in [0.29, 0.717) is 4.90 Å². The van der Waals surface area contributed by atoms with Gasteiger partial charge in [-0.2, -0.15) is 13.2 Å². The third-order valence-corrected chi connectivity index (χ3v) is 7.88. The van der Waals surface area contributed by atoms with Crippen molar-refractivity contribution < 1.29 is 41.4 Å². The number of aromatic carboxylic acids is 1. The molecule has 0 heterocycles. The molecule has 2 aromatic carbocycles. The molecule has 174 valence electrons. The molecular weight excluding hydrogens is 495 g/mol. The number of sulfone groups is 1. The van der Waals surface area contributed by atoms with Crippen LogP contribution < -0.4 is 5.32 Å². The highest BCUT2D eigenvalue weighted by Gasteiger charge is 2.55. The van der Waals surface area contributed by atoms with Gasteiger partial charge >= 0.3 is 12.1 Å². The number of alkyl halides is 3. The molecule has 7 nitrogen and oxygen atoms in total. The van der Waals surface area contributed by atoms with Gasteiger partial charge in [-0.05, 0) is 43.3 Å².